The summed E-state index contributed by atoms with van der Waals surface area (Å²) in [7, 11) is 0. The molecular formula is C23H37N7O6S. The number of carboxylic acids is 1. The minimum atomic E-state index is -1.38. The predicted molar refractivity (Wildman–Crippen MR) is 142 cm³/mol. The van der Waals surface area contributed by atoms with Crippen molar-refractivity contribution >= 4 is 41.4 Å². The average Bonchev–Trinajstić information content (AvgIpc) is 2.86. The molecule has 1 aromatic rings. The summed E-state index contributed by atoms with van der Waals surface area (Å²) in [6.45, 7) is -0.471. The molecule has 0 aliphatic rings. The third-order valence-electron chi connectivity index (χ3n) is 5.26. The van der Waals surface area contributed by atoms with E-state index in [2.05, 4.69) is 20.9 Å². The van der Waals surface area contributed by atoms with Crippen molar-refractivity contribution in [2.75, 3.05) is 25.2 Å². The highest BCUT2D eigenvalue weighted by molar-refractivity contribution is 7.98. The molecule has 0 saturated heterocycles. The zero-order chi connectivity index (χ0) is 27.8. The van der Waals surface area contributed by atoms with Crippen LogP contribution < -0.4 is 33.2 Å². The van der Waals surface area contributed by atoms with Crippen LogP contribution in [-0.2, 0) is 25.6 Å². The molecule has 0 radical (unpaired) electrons. The van der Waals surface area contributed by atoms with Crippen LogP contribution in [0.2, 0.25) is 0 Å². The number of aliphatic carboxylic acids is 1. The summed E-state index contributed by atoms with van der Waals surface area (Å²) in [4.78, 5) is 53.7. The highest BCUT2D eigenvalue weighted by Crippen LogP contribution is 2.07. The molecule has 4 unspecified atom stereocenters. The molecule has 0 aliphatic carbocycles. The summed E-state index contributed by atoms with van der Waals surface area (Å²) in [5.41, 5.74) is 17.1. The Morgan fingerprint density at radius 2 is 1.54 bits per heavy atom. The zero-order valence-corrected chi connectivity index (χ0v) is 21.6. The molecule has 11 N–H and O–H groups in total. The Morgan fingerprint density at radius 3 is 2.11 bits per heavy atom. The van der Waals surface area contributed by atoms with Crippen LogP contribution in [0.4, 0.5) is 0 Å². The highest BCUT2D eigenvalue weighted by atomic mass is 32.2. The number of nitrogens with two attached hydrogens (primary N) is 3. The fraction of sp³-hybridized carbons (Fsp3) is 0.522. The van der Waals surface area contributed by atoms with E-state index in [4.69, 9.17) is 17.2 Å². The Morgan fingerprint density at radius 1 is 0.946 bits per heavy atom. The number of guanidine groups is 1. The van der Waals surface area contributed by atoms with Crippen molar-refractivity contribution in [3.63, 3.8) is 0 Å². The number of aliphatic hydroxyl groups excluding tert-OH is 1. The second kappa shape index (κ2) is 17.2. The Bertz CT molecular complexity index is 914. The van der Waals surface area contributed by atoms with Gasteiger partial charge >= 0.3 is 5.97 Å². The van der Waals surface area contributed by atoms with Gasteiger partial charge in [-0.1, -0.05) is 30.3 Å². The van der Waals surface area contributed by atoms with Gasteiger partial charge in [0.15, 0.2) is 5.96 Å². The summed E-state index contributed by atoms with van der Waals surface area (Å²) >= 11 is 1.44. The number of carbonyl (C=O) groups excluding carboxylic acids is 3. The normalized spacial score (nSPS) is 13.9. The second-order valence-corrected chi connectivity index (χ2v) is 9.22. The van der Waals surface area contributed by atoms with Crippen LogP contribution >= 0.6 is 11.8 Å². The Labute approximate surface area is 220 Å². The fourth-order valence-electron chi connectivity index (χ4n) is 3.22. The first-order valence-electron chi connectivity index (χ1n) is 11.7. The molecule has 4 atom stereocenters. The molecule has 0 bridgehead atoms. The Kier molecular flexibility index (Phi) is 14.7. The van der Waals surface area contributed by atoms with Crippen LogP contribution in [0.5, 0.6) is 0 Å². The number of nitrogens with one attached hydrogen (secondary N) is 3. The maximum atomic E-state index is 13.0. The molecule has 37 heavy (non-hydrogen) atoms. The lowest BCUT2D eigenvalue weighted by Crippen LogP contribution is -2.58. The molecule has 3 amide bonds. The number of amides is 3. The summed E-state index contributed by atoms with van der Waals surface area (Å²) in [6, 6.07) is 4.15. The van der Waals surface area contributed by atoms with Crippen molar-refractivity contribution in [1.82, 2.24) is 16.0 Å². The van der Waals surface area contributed by atoms with Crippen molar-refractivity contribution in [2.24, 2.45) is 22.2 Å². The van der Waals surface area contributed by atoms with Crippen LogP contribution in [0.3, 0.4) is 0 Å². The third-order valence-corrected chi connectivity index (χ3v) is 5.90. The number of carbonyl (C=O) groups is 4. The van der Waals surface area contributed by atoms with Gasteiger partial charge in [0, 0.05) is 13.0 Å². The second-order valence-electron chi connectivity index (χ2n) is 8.23. The molecule has 0 fully saturated rings. The zero-order valence-electron chi connectivity index (χ0n) is 20.8. The number of carboxylic acid groups (broad SMARTS) is 1. The molecule has 14 heteroatoms. The summed E-state index contributed by atoms with van der Waals surface area (Å²) in [5.74, 6) is -2.96. The van der Waals surface area contributed by atoms with E-state index in [0.29, 0.717) is 17.7 Å². The molecule has 0 aromatic heterocycles. The Balaban J connectivity index is 2.90. The van der Waals surface area contributed by atoms with E-state index >= 15 is 0 Å². The van der Waals surface area contributed by atoms with E-state index < -0.39 is 54.5 Å². The number of nitrogens with zero attached hydrogens (tertiary/aromatic N) is 1. The van der Waals surface area contributed by atoms with Gasteiger partial charge in [-0.3, -0.25) is 19.4 Å². The molecule has 13 nitrogen and oxygen atoms in total. The Hall–Kier alpha value is -3.36. The minimum absolute atomic E-state index is 0.0592. The van der Waals surface area contributed by atoms with Gasteiger partial charge in [-0.2, -0.15) is 11.8 Å². The maximum Gasteiger partial charge on any atom is 0.326 e. The van der Waals surface area contributed by atoms with Crippen LogP contribution in [0.15, 0.2) is 35.3 Å². The smallest absolute Gasteiger partial charge is 0.326 e. The van der Waals surface area contributed by atoms with E-state index in [1.165, 1.54) is 11.8 Å². The molecule has 0 heterocycles. The van der Waals surface area contributed by atoms with Crippen molar-refractivity contribution < 1.29 is 29.4 Å². The number of rotatable bonds is 17. The van der Waals surface area contributed by atoms with E-state index in [1.807, 2.05) is 6.26 Å². The van der Waals surface area contributed by atoms with Crippen LogP contribution in [0, 0.1) is 0 Å². The van der Waals surface area contributed by atoms with Gasteiger partial charge in [0.25, 0.3) is 0 Å². The summed E-state index contributed by atoms with van der Waals surface area (Å²) in [6.07, 6.45) is 2.73. The van der Waals surface area contributed by atoms with Crippen LogP contribution in [0.1, 0.15) is 24.8 Å². The quantitative estimate of drug-likeness (QED) is 0.0609. The molecule has 1 aromatic carbocycles. The number of hydrogen-bond acceptors (Lipinski definition) is 8. The van der Waals surface area contributed by atoms with Crippen molar-refractivity contribution in [2.45, 2.75) is 49.9 Å². The van der Waals surface area contributed by atoms with E-state index in [-0.39, 0.29) is 31.8 Å². The van der Waals surface area contributed by atoms with Gasteiger partial charge < -0.3 is 43.4 Å². The summed E-state index contributed by atoms with van der Waals surface area (Å²) < 4.78 is 0. The SMILES string of the molecule is CSCCC(NC(=O)C(Cc1ccccc1)NC(=O)C(CO)NC(=O)C(N)CCCN=C(N)N)C(=O)O. The fourth-order valence-corrected chi connectivity index (χ4v) is 3.69. The van der Waals surface area contributed by atoms with Crippen molar-refractivity contribution in [1.29, 1.82) is 0 Å². The van der Waals surface area contributed by atoms with Crippen LogP contribution in [0.25, 0.3) is 0 Å². The first kappa shape index (κ1) is 31.7. The van der Waals surface area contributed by atoms with Crippen molar-refractivity contribution in [3.05, 3.63) is 35.9 Å². The molecule has 1 rings (SSSR count). The van der Waals surface area contributed by atoms with E-state index in [0.717, 1.165) is 0 Å². The molecular weight excluding hydrogens is 502 g/mol. The largest absolute Gasteiger partial charge is 0.480 e. The number of benzene rings is 1. The maximum absolute atomic E-state index is 13.0. The monoisotopic (exact) mass is 539 g/mol. The number of aliphatic hydroxyl groups is 1. The van der Waals surface area contributed by atoms with Gasteiger partial charge in [0.2, 0.25) is 17.7 Å². The first-order chi connectivity index (χ1) is 17.6. The number of hydrogen-bond donors (Lipinski definition) is 8. The lowest BCUT2D eigenvalue weighted by Gasteiger charge is -2.24. The first-order valence-corrected chi connectivity index (χ1v) is 13.1. The molecule has 0 saturated carbocycles. The molecule has 0 spiro atoms. The minimum Gasteiger partial charge on any atom is -0.480 e. The van der Waals surface area contributed by atoms with Gasteiger partial charge in [0.1, 0.15) is 18.1 Å². The number of aliphatic imine (C=N–C) groups is 1. The van der Waals surface area contributed by atoms with E-state index in [9.17, 15) is 29.4 Å². The standard InChI is InChI=1S/C23H37N7O6S/c1-37-11-9-16(22(35)36)28-20(33)17(12-14-6-3-2-4-7-14)29-21(34)18(13-31)30-19(32)15(24)8-5-10-27-23(25)26/h2-4,6-7,15-18,31H,5,8-13,24H2,1H3,(H,28,33)(H,29,34)(H,30,32)(H,35,36)(H4,25,26,27). The van der Waals surface area contributed by atoms with Crippen molar-refractivity contribution in [3.8, 4) is 0 Å². The number of thioether (sulfide) groups is 1. The van der Waals surface area contributed by atoms with Gasteiger partial charge in [-0.05, 0) is 36.8 Å². The van der Waals surface area contributed by atoms with Gasteiger partial charge in [0.05, 0.1) is 12.6 Å². The lowest BCUT2D eigenvalue weighted by atomic mass is 10.0. The third kappa shape index (κ3) is 12.4. The topological polar surface area (TPSA) is 235 Å². The summed E-state index contributed by atoms with van der Waals surface area (Å²) in [5, 5.41) is 26.5. The van der Waals surface area contributed by atoms with Gasteiger partial charge in [-0.25, -0.2) is 4.79 Å². The molecule has 206 valence electrons. The lowest BCUT2D eigenvalue weighted by molar-refractivity contribution is -0.142. The highest BCUT2D eigenvalue weighted by Gasteiger charge is 2.30. The van der Waals surface area contributed by atoms with E-state index in [1.54, 1.807) is 30.3 Å². The predicted octanol–water partition coefficient (Wildman–Crippen LogP) is -2.11. The average molecular weight is 540 g/mol. The van der Waals surface area contributed by atoms with Gasteiger partial charge in [-0.15, -0.1) is 0 Å². The molecule has 0 aliphatic heterocycles. The van der Waals surface area contributed by atoms with Crippen LogP contribution in [-0.4, -0.2) is 89.2 Å².